The number of hydrogen-bond donors (Lipinski definition) is 1. The molecule has 29 heavy (non-hydrogen) atoms. The lowest BCUT2D eigenvalue weighted by atomic mass is 10.1. The van der Waals surface area contributed by atoms with Gasteiger partial charge in [0.1, 0.15) is 18.1 Å². The maximum absolute atomic E-state index is 14.0. The first-order valence-corrected chi connectivity index (χ1v) is 8.96. The molecule has 0 atom stereocenters. The minimum Gasteiger partial charge on any atom is -0.467 e. The molecule has 7 heteroatoms. The Bertz CT molecular complexity index is 1080. The van der Waals surface area contributed by atoms with Crippen LogP contribution in [0.3, 0.4) is 0 Å². The molecular formula is C22H17FN2O4. The third-order valence-electron chi connectivity index (χ3n) is 4.37. The predicted molar refractivity (Wildman–Crippen MR) is 104 cm³/mol. The lowest BCUT2D eigenvalue weighted by Gasteiger charge is -2.30. The van der Waals surface area contributed by atoms with Crippen LogP contribution in [0.15, 0.2) is 77.1 Å². The Hall–Kier alpha value is -3.87. The van der Waals surface area contributed by atoms with Gasteiger partial charge in [0, 0.05) is 5.56 Å². The highest BCUT2D eigenvalue weighted by Gasteiger charge is 2.31. The fraction of sp³-hybridized carbons (Fsp3) is 0.0909. The van der Waals surface area contributed by atoms with Gasteiger partial charge >= 0.3 is 0 Å². The minimum absolute atomic E-state index is 0.0624. The lowest BCUT2D eigenvalue weighted by molar-refractivity contribution is -0.123. The van der Waals surface area contributed by atoms with E-state index in [2.05, 4.69) is 5.32 Å². The number of hydrogen-bond acceptors (Lipinski definition) is 4. The van der Waals surface area contributed by atoms with E-state index in [0.29, 0.717) is 17.2 Å². The maximum Gasteiger partial charge on any atom is 0.294 e. The summed E-state index contributed by atoms with van der Waals surface area (Å²) >= 11 is 0. The molecule has 0 spiro atoms. The normalized spacial score (nSPS) is 14.4. The lowest BCUT2D eigenvalue weighted by Crippen LogP contribution is -2.44. The van der Waals surface area contributed by atoms with Gasteiger partial charge < -0.3 is 14.5 Å². The van der Waals surface area contributed by atoms with Crippen LogP contribution in [0.5, 0.6) is 5.75 Å². The van der Waals surface area contributed by atoms with E-state index in [-0.39, 0.29) is 30.3 Å². The van der Waals surface area contributed by atoms with Gasteiger partial charge in [0.15, 0.2) is 11.5 Å². The van der Waals surface area contributed by atoms with Crippen LogP contribution < -0.4 is 15.0 Å². The second-order valence-electron chi connectivity index (χ2n) is 6.35. The number of anilines is 1. The summed E-state index contributed by atoms with van der Waals surface area (Å²) in [5.74, 6) is -0.414. The number of amides is 2. The number of fused-ring (bicyclic) bond motifs is 1. The van der Waals surface area contributed by atoms with E-state index in [4.69, 9.17) is 9.15 Å². The summed E-state index contributed by atoms with van der Waals surface area (Å²) < 4.78 is 24.9. The Morgan fingerprint density at radius 3 is 2.66 bits per heavy atom. The van der Waals surface area contributed by atoms with Gasteiger partial charge in [-0.15, -0.1) is 0 Å². The first-order valence-electron chi connectivity index (χ1n) is 8.96. The fourth-order valence-corrected chi connectivity index (χ4v) is 2.95. The van der Waals surface area contributed by atoms with Crippen molar-refractivity contribution >= 4 is 23.6 Å². The second kappa shape index (κ2) is 8.02. The minimum atomic E-state index is -0.528. The summed E-state index contributed by atoms with van der Waals surface area (Å²) in [6.45, 7) is -0.00153. The molecule has 2 heterocycles. The maximum atomic E-state index is 14.0. The number of carbonyl (C=O) groups is 2. The number of nitrogens with zero attached hydrogens (tertiary/aromatic N) is 1. The van der Waals surface area contributed by atoms with Crippen LogP contribution in [0.4, 0.5) is 10.1 Å². The smallest absolute Gasteiger partial charge is 0.294 e. The summed E-state index contributed by atoms with van der Waals surface area (Å²) in [5.41, 5.74) is 0.689. The van der Waals surface area contributed by atoms with Gasteiger partial charge in [-0.3, -0.25) is 14.5 Å². The molecule has 0 radical (unpaired) electrons. The number of furan rings is 1. The third kappa shape index (κ3) is 4.03. The molecule has 0 aliphatic carbocycles. The van der Waals surface area contributed by atoms with Crippen LogP contribution in [0, 0.1) is 5.82 Å². The Labute approximate surface area is 166 Å². The topological polar surface area (TPSA) is 71.8 Å². The molecule has 0 unspecified atom stereocenters. The van der Waals surface area contributed by atoms with Gasteiger partial charge in [0.2, 0.25) is 5.91 Å². The Kier molecular flexibility index (Phi) is 5.11. The van der Waals surface area contributed by atoms with Crippen molar-refractivity contribution in [1.29, 1.82) is 0 Å². The van der Waals surface area contributed by atoms with Gasteiger partial charge in [-0.2, -0.15) is 0 Å². The van der Waals surface area contributed by atoms with Crippen molar-refractivity contribution in [2.24, 2.45) is 0 Å². The number of para-hydroxylation sites is 2. The molecule has 2 amide bonds. The number of benzene rings is 2. The number of rotatable bonds is 5. The monoisotopic (exact) mass is 392 g/mol. The van der Waals surface area contributed by atoms with Gasteiger partial charge in [0.05, 0.1) is 18.5 Å². The largest absolute Gasteiger partial charge is 0.467 e. The van der Waals surface area contributed by atoms with E-state index >= 15 is 0 Å². The number of carbonyl (C=O) groups excluding carboxylic acids is 2. The molecule has 1 aromatic heterocycles. The van der Waals surface area contributed by atoms with Gasteiger partial charge in [0.25, 0.3) is 5.91 Å². The average Bonchev–Trinajstić information content (AvgIpc) is 3.25. The molecule has 0 saturated heterocycles. The van der Waals surface area contributed by atoms with Crippen molar-refractivity contribution < 1.29 is 23.1 Å². The van der Waals surface area contributed by atoms with E-state index in [9.17, 15) is 14.0 Å². The van der Waals surface area contributed by atoms with Crippen molar-refractivity contribution in [1.82, 2.24) is 5.32 Å². The zero-order chi connectivity index (χ0) is 20.2. The molecule has 6 nitrogen and oxygen atoms in total. The summed E-state index contributed by atoms with van der Waals surface area (Å²) in [4.78, 5) is 26.7. The van der Waals surface area contributed by atoms with Crippen molar-refractivity contribution in [3.63, 3.8) is 0 Å². The molecule has 1 aliphatic rings. The molecule has 0 fully saturated rings. The fourth-order valence-electron chi connectivity index (χ4n) is 2.95. The van der Waals surface area contributed by atoms with Crippen LogP contribution in [-0.2, 0) is 16.1 Å². The number of ether oxygens (including phenoxy) is 1. The summed E-state index contributed by atoms with van der Waals surface area (Å²) in [6, 6.07) is 16.4. The van der Waals surface area contributed by atoms with E-state index < -0.39 is 11.7 Å². The van der Waals surface area contributed by atoms with Crippen molar-refractivity contribution in [2.45, 2.75) is 6.54 Å². The third-order valence-corrected chi connectivity index (χ3v) is 4.37. The molecule has 0 saturated carbocycles. The number of halogens is 1. The SMILES string of the molecule is O=C(CN1C(=O)C(=Cc2ccccc2F)Oc2ccccc21)NCc1ccco1. The molecule has 1 N–H and O–H groups in total. The summed E-state index contributed by atoms with van der Waals surface area (Å²) in [5, 5.41) is 2.71. The molecule has 2 aromatic carbocycles. The molecule has 3 aromatic rings. The molecule has 146 valence electrons. The van der Waals surface area contributed by atoms with E-state index in [1.54, 1.807) is 54.6 Å². The average molecular weight is 392 g/mol. The Balaban J connectivity index is 1.59. The van der Waals surface area contributed by atoms with Crippen molar-refractivity contribution in [3.8, 4) is 5.75 Å². The van der Waals surface area contributed by atoms with Crippen LogP contribution in [-0.4, -0.2) is 18.4 Å². The second-order valence-corrected chi connectivity index (χ2v) is 6.35. The van der Waals surface area contributed by atoms with Crippen molar-refractivity contribution in [2.75, 3.05) is 11.4 Å². The Morgan fingerprint density at radius 1 is 1.07 bits per heavy atom. The van der Waals surface area contributed by atoms with Gasteiger partial charge in [-0.05, 0) is 36.4 Å². The molecule has 4 rings (SSSR count). The van der Waals surface area contributed by atoms with Gasteiger partial charge in [-0.25, -0.2) is 4.39 Å². The first-order chi connectivity index (χ1) is 14.1. The summed E-state index contributed by atoms with van der Waals surface area (Å²) in [6.07, 6.45) is 2.85. The van der Waals surface area contributed by atoms with Crippen LogP contribution >= 0.6 is 0 Å². The quantitative estimate of drug-likeness (QED) is 0.675. The zero-order valence-electron chi connectivity index (χ0n) is 15.3. The van der Waals surface area contributed by atoms with Crippen LogP contribution in [0.25, 0.3) is 6.08 Å². The van der Waals surface area contributed by atoms with Crippen LogP contribution in [0.2, 0.25) is 0 Å². The molecule has 0 bridgehead atoms. The molecule has 1 aliphatic heterocycles. The predicted octanol–water partition coefficient (Wildman–Crippen LogP) is 3.50. The number of nitrogens with one attached hydrogen (secondary N) is 1. The van der Waals surface area contributed by atoms with Gasteiger partial charge in [-0.1, -0.05) is 30.3 Å². The highest BCUT2D eigenvalue weighted by atomic mass is 19.1. The van der Waals surface area contributed by atoms with Crippen LogP contribution in [0.1, 0.15) is 11.3 Å². The molecular weight excluding hydrogens is 375 g/mol. The van der Waals surface area contributed by atoms with E-state index in [1.165, 1.54) is 23.3 Å². The Morgan fingerprint density at radius 2 is 1.86 bits per heavy atom. The highest BCUT2D eigenvalue weighted by Crippen LogP contribution is 2.35. The van der Waals surface area contributed by atoms with E-state index in [0.717, 1.165) is 0 Å². The standard InChI is InChI=1S/C22H17FN2O4/c23-17-8-2-1-6-15(17)12-20-22(27)25(18-9-3-4-10-19(18)29-20)14-21(26)24-13-16-7-5-11-28-16/h1-12H,13-14H2,(H,24,26). The van der Waals surface area contributed by atoms with E-state index in [1.807, 2.05) is 0 Å². The van der Waals surface area contributed by atoms with Crippen molar-refractivity contribution in [3.05, 3.63) is 89.8 Å². The highest BCUT2D eigenvalue weighted by molar-refractivity contribution is 6.12. The zero-order valence-corrected chi connectivity index (χ0v) is 15.3. The summed E-state index contributed by atoms with van der Waals surface area (Å²) in [7, 11) is 0. The first kappa shape index (κ1) is 18.5.